The van der Waals surface area contributed by atoms with E-state index in [-0.39, 0.29) is 24.4 Å². The van der Waals surface area contributed by atoms with E-state index in [4.69, 9.17) is 4.74 Å². The maximum absolute atomic E-state index is 13.2. The van der Waals surface area contributed by atoms with Crippen LogP contribution >= 0.6 is 12.4 Å². The molecular weight excluding hydrogens is 374 g/mol. The Morgan fingerprint density at radius 2 is 2.07 bits per heavy atom. The Morgan fingerprint density at radius 3 is 2.75 bits per heavy atom. The summed E-state index contributed by atoms with van der Waals surface area (Å²) in [4.78, 5) is 19.3. The lowest BCUT2D eigenvalue weighted by atomic mass is 10.0. The largest absolute Gasteiger partial charge is 0.481 e. The number of piperazine rings is 1. The molecular formula is C22H30ClN3O2. The minimum Gasteiger partial charge on any atom is -0.481 e. The van der Waals surface area contributed by atoms with E-state index >= 15 is 0 Å². The average Bonchev–Trinajstić information content (AvgIpc) is 2.69. The zero-order chi connectivity index (χ0) is 19.4. The van der Waals surface area contributed by atoms with Gasteiger partial charge in [0.2, 0.25) is 0 Å². The van der Waals surface area contributed by atoms with Crippen molar-refractivity contribution in [3.05, 3.63) is 59.4 Å². The normalized spacial score (nSPS) is 17.8. The van der Waals surface area contributed by atoms with Gasteiger partial charge in [0.15, 0.2) is 6.10 Å². The monoisotopic (exact) mass is 403 g/mol. The number of nitrogens with one attached hydrogen (secondary N) is 1. The molecule has 1 aromatic carbocycles. The SMILES string of the molecule is Cc1ccc(C(C)C)cc1OC(C)C(=O)N1CCNCC1c1cccnc1.Cl. The first-order valence-electron chi connectivity index (χ1n) is 9.65. The van der Waals surface area contributed by atoms with E-state index < -0.39 is 6.10 Å². The van der Waals surface area contributed by atoms with Gasteiger partial charge in [-0.25, -0.2) is 0 Å². The first-order valence-corrected chi connectivity index (χ1v) is 9.65. The number of nitrogens with zero attached hydrogens (tertiary/aromatic N) is 2. The van der Waals surface area contributed by atoms with Gasteiger partial charge in [0.25, 0.3) is 5.91 Å². The summed E-state index contributed by atoms with van der Waals surface area (Å²) in [5.41, 5.74) is 3.30. The molecule has 152 valence electrons. The molecule has 1 aromatic heterocycles. The predicted octanol–water partition coefficient (Wildman–Crippen LogP) is 3.88. The van der Waals surface area contributed by atoms with Crippen LogP contribution in [0, 0.1) is 6.92 Å². The number of rotatable bonds is 5. The van der Waals surface area contributed by atoms with Crippen molar-refractivity contribution in [2.75, 3.05) is 19.6 Å². The third-order valence-electron chi connectivity index (χ3n) is 5.13. The van der Waals surface area contributed by atoms with Crippen LogP contribution in [-0.2, 0) is 4.79 Å². The minimum atomic E-state index is -0.539. The molecule has 1 saturated heterocycles. The summed E-state index contributed by atoms with van der Waals surface area (Å²) in [6.45, 7) is 10.3. The number of hydrogen-bond donors (Lipinski definition) is 1. The molecule has 6 heteroatoms. The summed E-state index contributed by atoms with van der Waals surface area (Å²) < 4.78 is 6.11. The molecule has 3 rings (SSSR count). The van der Waals surface area contributed by atoms with Gasteiger partial charge in [-0.2, -0.15) is 0 Å². The first kappa shape index (κ1) is 22.2. The fraction of sp³-hybridized carbons (Fsp3) is 0.455. The minimum absolute atomic E-state index is 0. The fourth-order valence-corrected chi connectivity index (χ4v) is 3.42. The van der Waals surface area contributed by atoms with Crippen molar-refractivity contribution in [3.8, 4) is 5.75 Å². The van der Waals surface area contributed by atoms with Crippen molar-refractivity contribution in [1.82, 2.24) is 15.2 Å². The molecule has 1 aliphatic heterocycles. The Balaban J connectivity index is 0.00000280. The summed E-state index contributed by atoms with van der Waals surface area (Å²) in [5.74, 6) is 1.22. The van der Waals surface area contributed by atoms with Gasteiger partial charge in [0, 0.05) is 32.0 Å². The Bertz CT molecular complexity index is 783. The molecule has 1 amide bonds. The number of carbonyl (C=O) groups excluding carboxylic acids is 1. The van der Waals surface area contributed by atoms with Crippen LogP contribution in [0.5, 0.6) is 5.75 Å². The van der Waals surface area contributed by atoms with Crippen LogP contribution in [0.4, 0.5) is 0 Å². The van der Waals surface area contributed by atoms with E-state index in [9.17, 15) is 4.79 Å². The number of pyridine rings is 1. The number of aryl methyl sites for hydroxylation is 1. The van der Waals surface area contributed by atoms with Gasteiger partial charge in [-0.05, 0) is 48.6 Å². The quantitative estimate of drug-likeness (QED) is 0.823. The molecule has 1 N–H and O–H groups in total. The molecule has 2 heterocycles. The number of amides is 1. The number of hydrogen-bond acceptors (Lipinski definition) is 4. The Labute approximate surface area is 173 Å². The summed E-state index contributed by atoms with van der Waals surface area (Å²) in [7, 11) is 0. The van der Waals surface area contributed by atoms with Crippen LogP contribution in [0.3, 0.4) is 0 Å². The first-order chi connectivity index (χ1) is 13.0. The summed E-state index contributed by atoms with van der Waals surface area (Å²) in [6, 6.07) is 10.1. The second kappa shape index (κ2) is 9.89. The molecule has 28 heavy (non-hydrogen) atoms. The highest BCUT2D eigenvalue weighted by molar-refractivity contribution is 5.85. The fourth-order valence-electron chi connectivity index (χ4n) is 3.42. The molecule has 0 saturated carbocycles. The molecule has 0 spiro atoms. The van der Waals surface area contributed by atoms with E-state index in [2.05, 4.69) is 42.3 Å². The molecule has 2 aromatic rings. The highest BCUT2D eigenvalue weighted by Gasteiger charge is 2.31. The Kier molecular flexibility index (Phi) is 7.84. The molecule has 0 radical (unpaired) electrons. The molecule has 2 unspecified atom stereocenters. The lowest BCUT2D eigenvalue weighted by Crippen LogP contribution is -2.52. The number of halogens is 1. The van der Waals surface area contributed by atoms with Gasteiger partial charge in [0.1, 0.15) is 5.75 Å². The van der Waals surface area contributed by atoms with Crippen LogP contribution in [0.15, 0.2) is 42.7 Å². The van der Waals surface area contributed by atoms with Crippen molar-refractivity contribution in [1.29, 1.82) is 0 Å². The Hall–Kier alpha value is -2.11. The zero-order valence-electron chi connectivity index (χ0n) is 17.0. The van der Waals surface area contributed by atoms with E-state index in [1.54, 1.807) is 6.20 Å². The van der Waals surface area contributed by atoms with Crippen molar-refractivity contribution >= 4 is 18.3 Å². The van der Waals surface area contributed by atoms with E-state index in [1.165, 1.54) is 5.56 Å². The lowest BCUT2D eigenvalue weighted by molar-refractivity contribution is -0.141. The predicted molar refractivity (Wildman–Crippen MR) is 114 cm³/mol. The third kappa shape index (κ3) is 5.03. The molecule has 2 atom stereocenters. The topological polar surface area (TPSA) is 54.5 Å². The van der Waals surface area contributed by atoms with Crippen molar-refractivity contribution < 1.29 is 9.53 Å². The van der Waals surface area contributed by atoms with Crippen molar-refractivity contribution in [3.63, 3.8) is 0 Å². The number of ether oxygens (including phenoxy) is 1. The van der Waals surface area contributed by atoms with Gasteiger partial charge in [-0.3, -0.25) is 9.78 Å². The molecule has 5 nitrogen and oxygen atoms in total. The third-order valence-corrected chi connectivity index (χ3v) is 5.13. The van der Waals surface area contributed by atoms with Crippen molar-refractivity contribution in [2.24, 2.45) is 0 Å². The van der Waals surface area contributed by atoms with Crippen LogP contribution in [0.1, 0.15) is 49.4 Å². The van der Waals surface area contributed by atoms with E-state index in [0.717, 1.165) is 30.0 Å². The highest BCUT2D eigenvalue weighted by Crippen LogP contribution is 2.27. The molecule has 0 aliphatic carbocycles. The number of benzene rings is 1. The molecule has 1 aliphatic rings. The second-order valence-corrected chi connectivity index (χ2v) is 7.48. The van der Waals surface area contributed by atoms with Gasteiger partial charge in [0.05, 0.1) is 6.04 Å². The van der Waals surface area contributed by atoms with Crippen molar-refractivity contribution in [2.45, 2.75) is 45.8 Å². The van der Waals surface area contributed by atoms with Crippen LogP contribution in [0.2, 0.25) is 0 Å². The van der Waals surface area contributed by atoms with Gasteiger partial charge >= 0.3 is 0 Å². The zero-order valence-corrected chi connectivity index (χ0v) is 17.8. The van der Waals surface area contributed by atoms with Crippen LogP contribution in [-0.4, -0.2) is 41.5 Å². The standard InChI is InChI=1S/C22H29N3O2.ClH/c1-15(2)18-8-7-16(3)21(12-18)27-17(4)22(26)25-11-10-24-14-20(25)19-6-5-9-23-13-19;/h5-9,12-13,15,17,20,24H,10-11,14H2,1-4H3;1H. The van der Waals surface area contributed by atoms with E-state index in [1.807, 2.05) is 37.1 Å². The molecule has 0 bridgehead atoms. The number of carbonyl (C=O) groups is 1. The van der Waals surface area contributed by atoms with Crippen LogP contribution < -0.4 is 10.1 Å². The van der Waals surface area contributed by atoms with Gasteiger partial charge in [-0.1, -0.05) is 32.0 Å². The second-order valence-electron chi connectivity index (χ2n) is 7.48. The summed E-state index contributed by atoms with van der Waals surface area (Å²) in [6.07, 6.45) is 3.05. The summed E-state index contributed by atoms with van der Waals surface area (Å²) >= 11 is 0. The number of aromatic nitrogens is 1. The van der Waals surface area contributed by atoms with E-state index in [0.29, 0.717) is 12.5 Å². The average molecular weight is 404 g/mol. The highest BCUT2D eigenvalue weighted by atomic mass is 35.5. The van der Waals surface area contributed by atoms with Gasteiger partial charge < -0.3 is 15.0 Å². The maximum Gasteiger partial charge on any atom is 0.263 e. The summed E-state index contributed by atoms with van der Waals surface area (Å²) in [5, 5.41) is 3.37. The smallest absolute Gasteiger partial charge is 0.263 e. The van der Waals surface area contributed by atoms with Gasteiger partial charge in [-0.15, -0.1) is 12.4 Å². The lowest BCUT2D eigenvalue weighted by Gasteiger charge is -2.37. The van der Waals surface area contributed by atoms with Crippen LogP contribution in [0.25, 0.3) is 0 Å². The molecule has 1 fully saturated rings. The Morgan fingerprint density at radius 1 is 1.29 bits per heavy atom. The maximum atomic E-state index is 13.2.